The smallest absolute Gasteiger partial charge is 0.287 e. The minimum absolute atomic E-state index is 0.162. The minimum atomic E-state index is -0.711. The van der Waals surface area contributed by atoms with Crippen molar-refractivity contribution < 1.29 is 18.7 Å². The van der Waals surface area contributed by atoms with Gasteiger partial charge in [-0.15, -0.1) is 0 Å². The summed E-state index contributed by atoms with van der Waals surface area (Å²) in [5, 5.41) is 5.34. The highest BCUT2D eigenvalue weighted by Crippen LogP contribution is 2.17. The number of nitrogens with one attached hydrogen (secondary N) is 2. The highest BCUT2D eigenvalue weighted by Gasteiger charge is 2.18. The topological polar surface area (TPSA) is 80.6 Å². The maximum Gasteiger partial charge on any atom is 0.287 e. The lowest BCUT2D eigenvalue weighted by Crippen LogP contribution is -2.41. The van der Waals surface area contributed by atoms with Crippen molar-refractivity contribution in [1.82, 2.24) is 5.32 Å². The maximum atomic E-state index is 12.2. The molecular weight excluding hydrogens is 344 g/mol. The molecule has 0 aliphatic carbocycles. The van der Waals surface area contributed by atoms with E-state index in [0.717, 1.165) is 5.56 Å². The van der Waals surface area contributed by atoms with Crippen molar-refractivity contribution in [3.05, 3.63) is 84.3 Å². The third-order valence-corrected chi connectivity index (χ3v) is 3.86. The van der Waals surface area contributed by atoms with Gasteiger partial charge >= 0.3 is 0 Å². The lowest BCUT2D eigenvalue weighted by atomic mass is 10.2. The van der Waals surface area contributed by atoms with E-state index in [1.807, 2.05) is 30.3 Å². The van der Waals surface area contributed by atoms with Gasteiger partial charge in [-0.25, -0.2) is 0 Å². The Bertz CT molecular complexity index is 874. The van der Waals surface area contributed by atoms with E-state index >= 15 is 0 Å². The van der Waals surface area contributed by atoms with Crippen LogP contribution in [0.2, 0.25) is 0 Å². The second-order valence-corrected chi connectivity index (χ2v) is 5.96. The van der Waals surface area contributed by atoms with Gasteiger partial charge in [-0.3, -0.25) is 9.59 Å². The number of amides is 2. The molecule has 0 unspecified atom stereocenters. The zero-order valence-electron chi connectivity index (χ0n) is 14.8. The van der Waals surface area contributed by atoms with E-state index in [-0.39, 0.29) is 11.7 Å². The molecule has 6 nitrogen and oxygen atoms in total. The van der Waals surface area contributed by atoms with Gasteiger partial charge in [-0.2, -0.15) is 0 Å². The average molecular weight is 364 g/mol. The van der Waals surface area contributed by atoms with E-state index in [2.05, 4.69) is 10.6 Å². The van der Waals surface area contributed by atoms with Crippen LogP contribution >= 0.6 is 0 Å². The van der Waals surface area contributed by atoms with Crippen LogP contribution in [0.5, 0.6) is 5.75 Å². The molecule has 2 amide bonds. The van der Waals surface area contributed by atoms with Crippen molar-refractivity contribution in [2.45, 2.75) is 19.6 Å². The summed E-state index contributed by atoms with van der Waals surface area (Å²) in [7, 11) is 0. The number of ether oxygens (including phenoxy) is 1. The van der Waals surface area contributed by atoms with Crippen molar-refractivity contribution in [3.63, 3.8) is 0 Å². The van der Waals surface area contributed by atoms with Crippen molar-refractivity contribution >= 4 is 17.5 Å². The fourth-order valence-electron chi connectivity index (χ4n) is 2.37. The molecule has 0 aliphatic heterocycles. The molecule has 1 atom stereocenters. The van der Waals surface area contributed by atoms with Gasteiger partial charge < -0.3 is 19.8 Å². The number of benzene rings is 2. The summed E-state index contributed by atoms with van der Waals surface area (Å²) in [4.78, 5) is 24.1. The largest absolute Gasteiger partial charge is 0.489 e. The summed E-state index contributed by atoms with van der Waals surface area (Å²) in [5.74, 6) is 0.103. The number of hydrogen-bond donors (Lipinski definition) is 2. The van der Waals surface area contributed by atoms with Gasteiger partial charge in [0.2, 0.25) is 5.91 Å². The first-order chi connectivity index (χ1) is 13.1. The Balaban J connectivity index is 1.49. The minimum Gasteiger partial charge on any atom is -0.489 e. The Kier molecular flexibility index (Phi) is 5.89. The molecule has 0 spiro atoms. The fourth-order valence-corrected chi connectivity index (χ4v) is 2.37. The third kappa shape index (κ3) is 5.22. The SMILES string of the molecule is C[C@H](NC(=O)c1ccco1)C(=O)Nc1ccc(OCc2ccccc2)cc1. The van der Waals surface area contributed by atoms with Crippen LogP contribution in [0.1, 0.15) is 23.0 Å². The number of carbonyl (C=O) groups is 2. The van der Waals surface area contributed by atoms with Crippen LogP contribution in [0.4, 0.5) is 5.69 Å². The molecule has 1 heterocycles. The van der Waals surface area contributed by atoms with Crippen molar-refractivity contribution in [1.29, 1.82) is 0 Å². The molecule has 27 heavy (non-hydrogen) atoms. The monoisotopic (exact) mass is 364 g/mol. The summed E-state index contributed by atoms with van der Waals surface area (Å²) < 4.78 is 10.7. The van der Waals surface area contributed by atoms with Gasteiger partial charge in [-0.05, 0) is 48.9 Å². The number of carbonyl (C=O) groups excluding carboxylic acids is 2. The second-order valence-electron chi connectivity index (χ2n) is 5.96. The van der Waals surface area contributed by atoms with Gasteiger partial charge in [0, 0.05) is 5.69 Å². The van der Waals surface area contributed by atoms with Crippen LogP contribution < -0.4 is 15.4 Å². The number of furan rings is 1. The first-order valence-electron chi connectivity index (χ1n) is 8.54. The molecule has 0 saturated carbocycles. The quantitative estimate of drug-likeness (QED) is 0.671. The molecule has 3 aromatic rings. The summed E-state index contributed by atoms with van der Waals surface area (Å²) in [6.07, 6.45) is 1.40. The first kappa shape index (κ1) is 18.3. The van der Waals surface area contributed by atoms with E-state index in [4.69, 9.17) is 9.15 Å². The molecule has 2 aromatic carbocycles. The number of rotatable bonds is 7. The summed E-state index contributed by atoms with van der Waals surface area (Å²) in [6, 6.07) is 19.4. The predicted molar refractivity (Wildman–Crippen MR) is 101 cm³/mol. The lowest BCUT2D eigenvalue weighted by molar-refractivity contribution is -0.117. The molecular formula is C21H20N2O4. The molecule has 0 fully saturated rings. The highest BCUT2D eigenvalue weighted by atomic mass is 16.5. The van der Waals surface area contributed by atoms with E-state index in [9.17, 15) is 9.59 Å². The molecule has 2 N–H and O–H groups in total. The molecule has 0 bridgehead atoms. The first-order valence-corrected chi connectivity index (χ1v) is 8.54. The van der Waals surface area contributed by atoms with Crippen molar-refractivity contribution in [3.8, 4) is 5.75 Å². The van der Waals surface area contributed by atoms with Gasteiger partial charge in [0.25, 0.3) is 5.91 Å². The van der Waals surface area contributed by atoms with Gasteiger partial charge in [-0.1, -0.05) is 30.3 Å². The van der Waals surface area contributed by atoms with Gasteiger partial charge in [0.05, 0.1) is 6.26 Å². The normalized spacial score (nSPS) is 11.4. The summed E-state index contributed by atoms with van der Waals surface area (Å²) in [5.41, 5.74) is 1.70. The van der Waals surface area contributed by atoms with Crippen LogP contribution in [0.25, 0.3) is 0 Å². The van der Waals surface area contributed by atoms with Gasteiger partial charge in [0.1, 0.15) is 18.4 Å². The Morgan fingerprint density at radius 3 is 2.41 bits per heavy atom. The molecule has 3 rings (SSSR count). The molecule has 0 radical (unpaired) electrons. The molecule has 1 aromatic heterocycles. The van der Waals surface area contributed by atoms with E-state index in [0.29, 0.717) is 18.0 Å². The molecule has 0 saturated heterocycles. The van der Waals surface area contributed by atoms with Crippen LogP contribution in [0.3, 0.4) is 0 Å². The Morgan fingerprint density at radius 1 is 1.00 bits per heavy atom. The fraction of sp³-hybridized carbons (Fsp3) is 0.143. The standard InChI is InChI=1S/C21H20N2O4/c1-15(22-21(25)19-8-5-13-26-19)20(24)23-17-9-11-18(12-10-17)27-14-16-6-3-2-4-7-16/h2-13,15H,14H2,1H3,(H,22,25)(H,23,24)/t15-/m0/s1. The second kappa shape index (κ2) is 8.71. The van der Waals surface area contributed by atoms with Crippen LogP contribution in [-0.2, 0) is 11.4 Å². The van der Waals surface area contributed by atoms with E-state index in [1.165, 1.54) is 12.3 Å². The molecule has 6 heteroatoms. The zero-order chi connectivity index (χ0) is 19.1. The van der Waals surface area contributed by atoms with Crippen LogP contribution in [0, 0.1) is 0 Å². The van der Waals surface area contributed by atoms with Crippen molar-refractivity contribution in [2.75, 3.05) is 5.32 Å². The Labute approximate surface area is 157 Å². The summed E-state index contributed by atoms with van der Waals surface area (Å²) in [6.45, 7) is 2.08. The number of anilines is 1. The Morgan fingerprint density at radius 2 is 1.74 bits per heavy atom. The average Bonchev–Trinajstić information content (AvgIpc) is 3.23. The van der Waals surface area contributed by atoms with Crippen LogP contribution in [-0.4, -0.2) is 17.9 Å². The van der Waals surface area contributed by atoms with Gasteiger partial charge in [0.15, 0.2) is 5.76 Å². The third-order valence-electron chi connectivity index (χ3n) is 3.86. The maximum absolute atomic E-state index is 12.2. The highest BCUT2D eigenvalue weighted by molar-refractivity contribution is 5.99. The van der Waals surface area contributed by atoms with E-state index < -0.39 is 11.9 Å². The van der Waals surface area contributed by atoms with E-state index in [1.54, 1.807) is 37.3 Å². The lowest BCUT2D eigenvalue weighted by Gasteiger charge is -2.14. The Hall–Kier alpha value is -3.54. The summed E-state index contributed by atoms with van der Waals surface area (Å²) >= 11 is 0. The zero-order valence-corrected chi connectivity index (χ0v) is 14.8. The van der Waals surface area contributed by atoms with Crippen LogP contribution in [0.15, 0.2) is 77.4 Å². The number of hydrogen-bond acceptors (Lipinski definition) is 4. The molecule has 0 aliphatic rings. The molecule has 138 valence electrons. The predicted octanol–water partition coefficient (Wildman–Crippen LogP) is 3.62. The van der Waals surface area contributed by atoms with Crippen molar-refractivity contribution in [2.24, 2.45) is 0 Å².